The number of methoxy groups -OCH3 is 1. The zero-order valence-corrected chi connectivity index (χ0v) is 41.0. The van der Waals surface area contributed by atoms with E-state index < -0.39 is 35.4 Å². The molecule has 0 saturated carbocycles. The highest BCUT2D eigenvalue weighted by Gasteiger charge is 2.37. The van der Waals surface area contributed by atoms with E-state index in [2.05, 4.69) is 86.0 Å². The second-order valence-electron chi connectivity index (χ2n) is 19.5. The van der Waals surface area contributed by atoms with E-state index in [0.29, 0.717) is 64.7 Å². The summed E-state index contributed by atoms with van der Waals surface area (Å²) in [6.45, 7) is 19.8. The number of esters is 1. The second-order valence-corrected chi connectivity index (χ2v) is 19.5. The number of ether oxygens (including phenoxy) is 2. The molecule has 6 bridgehead atoms. The van der Waals surface area contributed by atoms with Gasteiger partial charge in [0.15, 0.2) is 0 Å². The van der Waals surface area contributed by atoms with Crippen molar-refractivity contribution in [2.45, 2.75) is 118 Å². The molecule has 2 aromatic heterocycles. The van der Waals surface area contributed by atoms with Crippen LogP contribution in [0.3, 0.4) is 0 Å². The maximum Gasteiger partial charge on any atom is 0.324 e. The molecule has 1 fully saturated rings. The number of cyclic esters (lactones) is 1. The molecule has 2 aromatic carbocycles. The number of nitrogens with one attached hydrogen (secondary N) is 2. The Hall–Kier alpha value is -5.86. The molecule has 0 aliphatic carbocycles. The summed E-state index contributed by atoms with van der Waals surface area (Å²) in [5.41, 5.74) is 10.5. The molecule has 2 N–H and O–H groups in total. The molecule has 0 radical (unpaired) electrons. The largest absolute Gasteiger partial charge is 0.464 e. The average molecular weight is 918 g/mol. The molecule has 2 aliphatic rings. The molecule has 1 saturated heterocycles. The van der Waals surface area contributed by atoms with Crippen molar-refractivity contribution in [3.05, 3.63) is 90.3 Å². The first-order valence-electron chi connectivity index (χ1n) is 23.9. The molecular formula is C53H71N7O7. The van der Waals surface area contributed by atoms with Crippen LogP contribution in [0.4, 0.5) is 0 Å². The minimum atomic E-state index is -1.03. The SMILES string of the molecule is C=CC(=O)N(C)CCC(C)CCN(C=O)C(C(=O)NC1Cc2cccc(c2)-c2ccc3c(c2)c(c(-c2cccnc2C(C)OC)n3CC)CC(C)(C)COC(=O)[C@@H]2CCCN(N2)C1=O)C(C)C. The van der Waals surface area contributed by atoms with E-state index in [1.807, 2.05) is 39.0 Å². The summed E-state index contributed by atoms with van der Waals surface area (Å²) in [5.74, 6) is -1.55. The minimum Gasteiger partial charge on any atom is -0.464 e. The van der Waals surface area contributed by atoms with Crippen LogP contribution in [-0.2, 0) is 52.8 Å². The summed E-state index contributed by atoms with van der Waals surface area (Å²) in [6, 6.07) is 16.0. The Morgan fingerprint density at radius 1 is 1.06 bits per heavy atom. The van der Waals surface area contributed by atoms with Crippen molar-refractivity contribution >= 4 is 41.0 Å². The molecule has 67 heavy (non-hydrogen) atoms. The van der Waals surface area contributed by atoms with Gasteiger partial charge in [-0.1, -0.05) is 71.5 Å². The molecule has 360 valence electrons. The number of carbonyl (C=O) groups is 5. The first-order valence-corrected chi connectivity index (χ1v) is 23.9. The summed E-state index contributed by atoms with van der Waals surface area (Å²) < 4.78 is 14.3. The summed E-state index contributed by atoms with van der Waals surface area (Å²) in [7, 11) is 3.42. The fourth-order valence-electron chi connectivity index (χ4n) is 9.53. The lowest BCUT2D eigenvalue weighted by atomic mass is 9.84. The van der Waals surface area contributed by atoms with Gasteiger partial charge < -0.3 is 29.2 Å². The quantitative estimate of drug-likeness (QED) is 0.0670. The smallest absolute Gasteiger partial charge is 0.324 e. The van der Waals surface area contributed by atoms with Gasteiger partial charge >= 0.3 is 5.97 Å². The third-order valence-corrected chi connectivity index (χ3v) is 13.4. The van der Waals surface area contributed by atoms with Gasteiger partial charge in [-0.3, -0.25) is 34.0 Å². The van der Waals surface area contributed by atoms with E-state index in [0.717, 1.165) is 50.1 Å². The number of aromatic nitrogens is 2. The molecular weight excluding hydrogens is 847 g/mol. The Morgan fingerprint density at radius 3 is 2.51 bits per heavy atom. The molecule has 5 atom stereocenters. The number of amides is 4. The summed E-state index contributed by atoms with van der Waals surface area (Å²) in [5, 5.41) is 5.60. The third kappa shape index (κ3) is 11.8. The maximum absolute atomic E-state index is 14.7. The zero-order chi connectivity index (χ0) is 48.6. The van der Waals surface area contributed by atoms with Gasteiger partial charge in [-0.25, -0.2) is 5.43 Å². The number of pyridine rings is 1. The normalized spacial score (nSPS) is 18.9. The molecule has 6 rings (SSSR count). The predicted molar refractivity (Wildman–Crippen MR) is 261 cm³/mol. The lowest BCUT2D eigenvalue weighted by Gasteiger charge is -2.37. The van der Waals surface area contributed by atoms with Gasteiger partial charge in [-0.05, 0) is 110 Å². The van der Waals surface area contributed by atoms with Crippen LogP contribution in [-0.4, -0.2) is 113 Å². The first-order chi connectivity index (χ1) is 32.0. The van der Waals surface area contributed by atoms with Crippen LogP contribution >= 0.6 is 0 Å². The minimum absolute atomic E-state index is 0.139. The number of aryl methyl sites for hydroxylation is 1. The summed E-state index contributed by atoms with van der Waals surface area (Å²) >= 11 is 0. The molecule has 4 unspecified atom stereocenters. The maximum atomic E-state index is 14.7. The summed E-state index contributed by atoms with van der Waals surface area (Å²) in [4.78, 5) is 75.8. The van der Waals surface area contributed by atoms with Gasteiger partial charge in [-0.2, -0.15) is 0 Å². The van der Waals surface area contributed by atoms with Crippen molar-refractivity contribution in [1.82, 2.24) is 35.1 Å². The van der Waals surface area contributed by atoms with E-state index in [4.69, 9.17) is 14.5 Å². The lowest BCUT2D eigenvalue weighted by molar-refractivity contribution is -0.155. The van der Waals surface area contributed by atoms with Gasteiger partial charge in [0.25, 0.3) is 5.91 Å². The van der Waals surface area contributed by atoms with Gasteiger partial charge in [0.05, 0.1) is 24.1 Å². The Kier molecular flexibility index (Phi) is 16.8. The van der Waals surface area contributed by atoms with Crippen molar-refractivity contribution in [3.63, 3.8) is 0 Å². The summed E-state index contributed by atoms with van der Waals surface area (Å²) in [6.07, 6.45) is 6.64. The Balaban J connectivity index is 1.39. The van der Waals surface area contributed by atoms with Crippen LogP contribution in [0.2, 0.25) is 0 Å². The number of likely N-dealkylation sites (N-methyl/N-ethyl adjacent to an activating group) is 1. The Bertz CT molecular complexity index is 2430. The second kappa shape index (κ2) is 22.3. The number of benzene rings is 2. The van der Waals surface area contributed by atoms with Crippen LogP contribution < -0.4 is 10.7 Å². The number of hydrogen-bond donors (Lipinski definition) is 2. The Morgan fingerprint density at radius 2 is 1.81 bits per heavy atom. The van der Waals surface area contributed by atoms with Crippen molar-refractivity contribution in [3.8, 4) is 22.4 Å². The van der Waals surface area contributed by atoms with Gasteiger partial charge in [0.2, 0.25) is 18.2 Å². The van der Waals surface area contributed by atoms with Gasteiger partial charge in [0.1, 0.15) is 18.1 Å². The van der Waals surface area contributed by atoms with Gasteiger partial charge in [0, 0.05) is 74.8 Å². The fraction of sp³-hybridized carbons (Fsp3) is 0.509. The number of hydrazine groups is 1. The number of hydrogen-bond acceptors (Lipinski definition) is 9. The lowest BCUT2D eigenvalue weighted by Crippen LogP contribution is -2.62. The number of carbonyl (C=O) groups excluding carboxylic acids is 5. The average Bonchev–Trinajstić information content (AvgIpc) is 3.63. The standard InChI is InChI=1S/C53H71N7O7/c1-11-46(62)57(9)26-22-35(5)23-27-58(33-61)48(34(3)4)50(63)55-44-29-37-16-13-17-38(28-37)39-20-21-45-41(30-39)42(49(59(45)12-2)40-18-14-24-54-47(40)36(6)66-10)31-53(7,8)32-67-52(65)43-19-15-25-60(56-43)51(44)64/h11,13-14,16-18,20-21,24,28,30,33-36,43-44,48,56H,1,12,15,19,22-23,25-27,29,31-32H2,2-10H3,(H,55,63)/t35?,36?,43-,44?,48?/m0/s1. The molecule has 14 heteroatoms. The molecule has 0 spiro atoms. The van der Waals surface area contributed by atoms with E-state index in [1.165, 1.54) is 16.0 Å². The molecule has 2 aliphatic heterocycles. The predicted octanol–water partition coefficient (Wildman–Crippen LogP) is 7.29. The van der Waals surface area contributed by atoms with E-state index in [-0.39, 0.29) is 42.8 Å². The topological polar surface area (TPSA) is 155 Å². The van der Waals surface area contributed by atoms with Crippen LogP contribution in [0.1, 0.15) is 97.1 Å². The molecule has 4 heterocycles. The van der Waals surface area contributed by atoms with Crippen molar-refractivity contribution in [2.24, 2.45) is 17.3 Å². The van der Waals surface area contributed by atoms with Crippen LogP contribution in [0.5, 0.6) is 0 Å². The van der Waals surface area contributed by atoms with Crippen LogP contribution in [0, 0.1) is 17.3 Å². The van der Waals surface area contributed by atoms with E-state index >= 15 is 0 Å². The molecule has 4 amide bonds. The first kappa shape index (κ1) is 50.6. The number of nitrogens with zero attached hydrogens (tertiary/aromatic N) is 5. The van der Waals surface area contributed by atoms with Crippen molar-refractivity contribution in [1.29, 1.82) is 0 Å². The Labute approximate surface area is 396 Å². The highest BCUT2D eigenvalue weighted by molar-refractivity contribution is 5.96. The molecule has 14 nitrogen and oxygen atoms in total. The highest BCUT2D eigenvalue weighted by atomic mass is 16.5. The van der Waals surface area contributed by atoms with E-state index in [9.17, 15) is 24.0 Å². The molecule has 4 aromatic rings. The third-order valence-electron chi connectivity index (χ3n) is 13.4. The van der Waals surface area contributed by atoms with Crippen molar-refractivity contribution in [2.75, 3.05) is 40.4 Å². The monoisotopic (exact) mass is 918 g/mol. The van der Waals surface area contributed by atoms with Gasteiger partial charge in [-0.15, -0.1) is 0 Å². The number of rotatable bonds is 16. The highest BCUT2D eigenvalue weighted by Crippen LogP contribution is 2.42. The zero-order valence-electron chi connectivity index (χ0n) is 41.0. The van der Waals surface area contributed by atoms with Crippen molar-refractivity contribution < 1.29 is 33.4 Å². The number of fused-ring (bicyclic) bond motifs is 6. The van der Waals surface area contributed by atoms with Crippen LogP contribution in [0.15, 0.2) is 73.4 Å². The fourth-order valence-corrected chi connectivity index (χ4v) is 9.53. The van der Waals surface area contributed by atoms with Crippen LogP contribution in [0.25, 0.3) is 33.3 Å². The van der Waals surface area contributed by atoms with E-state index in [1.54, 1.807) is 25.3 Å².